The first-order valence-electron chi connectivity index (χ1n) is 6.52. The lowest BCUT2D eigenvalue weighted by molar-refractivity contribution is 0.225. The average Bonchev–Trinajstić information content (AvgIpc) is 2.39. The number of pyridine rings is 1. The van der Waals surface area contributed by atoms with Crippen molar-refractivity contribution in [3.8, 4) is 0 Å². The molecule has 0 N–H and O–H groups in total. The van der Waals surface area contributed by atoms with Gasteiger partial charge in [-0.2, -0.15) is 0 Å². The topological polar surface area (TPSA) is 16.1 Å². The van der Waals surface area contributed by atoms with Crippen LogP contribution in [0.1, 0.15) is 18.4 Å². The highest BCUT2D eigenvalue weighted by Gasteiger charge is 2.18. The summed E-state index contributed by atoms with van der Waals surface area (Å²) in [6.07, 6.45) is 4.21. The molecular weight excluding hydrogens is 244 g/mol. The molecule has 0 radical (unpaired) electrons. The molecule has 0 amide bonds. The lowest BCUT2D eigenvalue weighted by Gasteiger charge is -2.29. The minimum Gasteiger partial charge on any atom is -0.298 e. The van der Waals surface area contributed by atoms with Crippen LogP contribution in [0.5, 0.6) is 0 Å². The van der Waals surface area contributed by atoms with Gasteiger partial charge in [0.05, 0.1) is 5.52 Å². The van der Waals surface area contributed by atoms with Gasteiger partial charge in [0.2, 0.25) is 0 Å². The van der Waals surface area contributed by atoms with Gasteiger partial charge in [0, 0.05) is 30.0 Å². The van der Waals surface area contributed by atoms with Crippen molar-refractivity contribution in [1.29, 1.82) is 0 Å². The van der Waals surface area contributed by atoms with Crippen molar-refractivity contribution in [2.24, 2.45) is 0 Å². The number of likely N-dealkylation sites (tertiary alicyclic amines) is 1. The van der Waals surface area contributed by atoms with Gasteiger partial charge in [-0.05, 0) is 31.0 Å². The number of alkyl halides is 1. The summed E-state index contributed by atoms with van der Waals surface area (Å²) in [7, 11) is 0. The van der Waals surface area contributed by atoms with E-state index in [9.17, 15) is 0 Å². The summed E-state index contributed by atoms with van der Waals surface area (Å²) in [4.78, 5) is 6.94. The molecule has 94 valence electrons. The molecule has 2 aromatic rings. The Morgan fingerprint density at radius 1 is 1.28 bits per heavy atom. The van der Waals surface area contributed by atoms with E-state index in [4.69, 9.17) is 11.6 Å². The lowest BCUT2D eigenvalue weighted by Crippen LogP contribution is -2.35. The first-order chi connectivity index (χ1) is 8.83. The largest absolute Gasteiger partial charge is 0.298 e. The monoisotopic (exact) mass is 260 g/mol. The molecule has 0 spiro atoms. The van der Waals surface area contributed by atoms with E-state index in [0.717, 1.165) is 31.6 Å². The van der Waals surface area contributed by atoms with Crippen LogP contribution in [0, 0.1) is 0 Å². The fourth-order valence-electron chi connectivity index (χ4n) is 2.68. The quantitative estimate of drug-likeness (QED) is 0.769. The summed E-state index contributed by atoms with van der Waals surface area (Å²) in [5.74, 6) is 0. The highest BCUT2D eigenvalue weighted by molar-refractivity contribution is 6.20. The van der Waals surface area contributed by atoms with Crippen LogP contribution in [0.25, 0.3) is 10.9 Å². The molecule has 1 fully saturated rings. The highest BCUT2D eigenvalue weighted by atomic mass is 35.5. The van der Waals surface area contributed by atoms with Crippen LogP contribution in [0.4, 0.5) is 0 Å². The number of fused-ring (bicyclic) bond motifs is 1. The third kappa shape index (κ3) is 2.50. The van der Waals surface area contributed by atoms with E-state index >= 15 is 0 Å². The van der Waals surface area contributed by atoms with Gasteiger partial charge in [-0.1, -0.05) is 24.3 Å². The summed E-state index contributed by atoms with van der Waals surface area (Å²) in [6, 6.07) is 10.5. The number of para-hydroxylation sites is 1. The molecule has 1 unspecified atom stereocenters. The molecule has 1 aliphatic heterocycles. The number of rotatable bonds is 2. The number of piperidine rings is 1. The van der Waals surface area contributed by atoms with E-state index in [2.05, 4.69) is 34.1 Å². The predicted octanol–water partition coefficient (Wildman–Crippen LogP) is 3.44. The Bertz CT molecular complexity index is 536. The van der Waals surface area contributed by atoms with Crippen molar-refractivity contribution in [3.05, 3.63) is 42.1 Å². The summed E-state index contributed by atoms with van der Waals surface area (Å²) in [5, 5.41) is 1.52. The summed E-state index contributed by atoms with van der Waals surface area (Å²) < 4.78 is 0. The highest BCUT2D eigenvalue weighted by Crippen LogP contribution is 2.21. The minimum atomic E-state index is 0.307. The van der Waals surface area contributed by atoms with Gasteiger partial charge >= 0.3 is 0 Å². The molecule has 0 saturated carbocycles. The number of nitrogens with zero attached hydrogens (tertiary/aromatic N) is 2. The maximum atomic E-state index is 6.24. The molecule has 18 heavy (non-hydrogen) atoms. The fraction of sp³-hybridized carbons (Fsp3) is 0.400. The Morgan fingerprint density at radius 3 is 3.06 bits per heavy atom. The normalized spacial score (nSPS) is 21.3. The second kappa shape index (κ2) is 5.25. The molecule has 1 saturated heterocycles. The standard InChI is InChI=1S/C15H17ClN2/c16-14-7-3-9-18(11-14)10-13-5-1-4-12-6-2-8-17-15(12)13/h1-2,4-6,8,14H,3,7,9-11H2. The van der Waals surface area contributed by atoms with Crippen molar-refractivity contribution < 1.29 is 0 Å². The van der Waals surface area contributed by atoms with Crippen LogP contribution in [-0.2, 0) is 6.54 Å². The maximum absolute atomic E-state index is 6.24. The van der Waals surface area contributed by atoms with Gasteiger partial charge in [0.1, 0.15) is 0 Å². The van der Waals surface area contributed by atoms with Crippen molar-refractivity contribution in [1.82, 2.24) is 9.88 Å². The van der Waals surface area contributed by atoms with E-state index in [0.29, 0.717) is 5.38 Å². The first kappa shape index (κ1) is 11.9. The molecule has 2 nitrogen and oxygen atoms in total. The Balaban J connectivity index is 1.86. The van der Waals surface area contributed by atoms with Gasteiger partial charge in [0.25, 0.3) is 0 Å². The number of hydrogen-bond acceptors (Lipinski definition) is 2. The van der Waals surface area contributed by atoms with E-state index < -0.39 is 0 Å². The molecule has 0 aliphatic carbocycles. The number of halogens is 1. The maximum Gasteiger partial charge on any atom is 0.0746 e. The van der Waals surface area contributed by atoms with Crippen molar-refractivity contribution in [2.45, 2.75) is 24.8 Å². The average molecular weight is 261 g/mol. The zero-order valence-electron chi connectivity index (χ0n) is 10.3. The van der Waals surface area contributed by atoms with Gasteiger partial charge in [-0.25, -0.2) is 0 Å². The van der Waals surface area contributed by atoms with Crippen LogP contribution in [0.2, 0.25) is 0 Å². The summed E-state index contributed by atoms with van der Waals surface area (Å²) >= 11 is 6.24. The third-order valence-corrected chi connectivity index (χ3v) is 3.91. The predicted molar refractivity (Wildman–Crippen MR) is 75.9 cm³/mol. The van der Waals surface area contributed by atoms with Crippen molar-refractivity contribution >= 4 is 22.5 Å². The Labute approximate surface area is 113 Å². The SMILES string of the molecule is ClC1CCCN(Cc2cccc3cccnc23)C1. The van der Waals surface area contributed by atoms with Crippen LogP contribution in [0.15, 0.2) is 36.5 Å². The molecule has 1 aliphatic rings. The molecule has 1 aromatic carbocycles. The minimum absolute atomic E-state index is 0.307. The second-order valence-electron chi connectivity index (χ2n) is 4.97. The van der Waals surface area contributed by atoms with E-state index in [1.54, 1.807) is 0 Å². The molecular formula is C15H17ClN2. The summed E-state index contributed by atoms with van der Waals surface area (Å²) in [6.45, 7) is 3.09. The lowest BCUT2D eigenvalue weighted by atomic mass is 10.1. The first-order valence-corrected chi connectivity index (χ1v) is 6.95. The van der Waals surface area contributed by atoms with E-state index in [-0.39, 0.29) is 0 Å². The van der Waals surface area contributed by atoms with E-state index in [1.807, 2.05) is 12.3 Å². The molecule has 3 heteroatoms. The van der Waals surface area contributed by atoms with Crippen LogP contribution < -0.4 is 0 Å². The van der Waals surface area contributed by atoms with Crippen LogP contribution >= 0.6 is 11.6 Å². The second-order valence-corrected chi connectivity index (χ2v) is 5.58. The van der Waals surface area contributed by atoms with Gasteiger partial charge in [-0.15, -0.1) is 11.6 Å². The number of aromatic nitrogens is 1. The van der Waals surface area contributed by atoms with Crippen molar-refractivity contribution in [3.63, 3.8) is 0 Å². The van der Waals surface area contributed by atoms with E-state index in [1.165, 1.54) is 17.4 Å². The molecule has 3 rings (SSSR count). The smallest absolute Gasteiger partial charge is 0.0746 e. The number of hydrogen-bond donors (Lipinski definition) is 0. The van der Waals surface area contributed by atoms with Crippen LogP contribution in [-0.4, -0.2) is 28.4 Å². The summed E-state index contributed by atoms with van der Waals surface area (Å²) in [5.41, 5.74) is 2.43. The zero-order chi connectivity index (χ0) is 12.4. The molecule has 2 heterocycles. The van der Waals surface area contributed by atoms with Crippen LogP contribution in [0.3, 0.4) is 0 Å². The number of benzene rings is 1. The Morgan fingerprint density at radius 2 is 2.17 bits per heavy atom. The zero-order valence-corrected chi connectivity index (χ0v) is 11.1. The third-order valence-electron chi connectivity index (χ3n) is 3.56. The van der Waals surface area contributed by atoms with Gasteiger partial charge < -0.3 is 0 Å². The van der Waals surface area contributed by atoms with Gasteiger partial charge in [0.15, 0.2) is 0 Å². The molecule has 1 atom stereocenters. The van der Waals surface area contributed by atoms with Gasteiger partial charge in [-0.3, -0.25) is 9.88 Å². The van der Waals surface area contributed by atoms with Crippen molar-refractivity contribution in [2.75, 3.05) is 13.1 Å². The Kier molecular flexibility index (Phi) is 3.48. The fourth-order valence-corrected chi connectivity index (χ4v) is 3.03. The molecule has 0 bridgehead atoms. The molecule has 1 aromatic heterocycles. The Hall–Kier alpha value is -1.12.